The Bertz CT molecular complexity index is 489. The molecule has 0 radical (unpaired) electrons. The molecule has 1 atom stereocenters. The van der Waals surface area contributed by atoms with Gasteiger partial charge in [-0.05, 0) is 24.1 Å². The van der Waals surface area contributed by atoms with E-state index in [1.165, 1.54) is 0 Å². The minimum atomic E-state index is -1.12. The van der Waals surface area contributed by atoms with Crippen LogP contribution in [0, 0.1) is 17.6 Å². The zero-order valence-corrected chi connectivity index (χ0v) is 10.6. The number of carboxylic acid groups (broad SMARTS) is 1. The molecule has 1 aromatic carbocycles. The van der Waals surface area contributed by atoms with E-state index in [-0.39, 0.29) is 17.9 Å². The number of carboxylic acids is 1. The maximum atomic E-state index is 13.0. The van der Waals surface area contributed by atoms with Gasteiger partial charge in [0.2, 0.25) is 0 Å². The van der Waals surface area contributed by atoms with Gasteiger partial charge in [-0.25, -0.2) is 8.78 Å². The molecule has 0 aliphatic rings. The zero-order chi connectivity index (χ0) is 14.6. The predicted octanol–water partition coefficient (Wildman–Crippen LogP) is 2.19. The van der Waals surface area contributed by atoms with Gasteiger partial charge in [0.05, 0.1) is 6.42 Å². The summed E-state index contributed by atoms with van der Waals surface area (Å²) in [6.07, 6.45) is -0.229. The maximum Gasteiger partial charge on any atom is 0.305 e. The van der Waals surface area contributed by atoms with Crippen molar-refractivity contribution in [3.63, 3.8) is 0 Å². The number of rotatable bonds is 5. The fourth-order valence-corrected chi connectivity index (χ4v) is 1.53. The molecule has 0 heterocycles. The van der Waals surface area contributed by atoms with Gasteiger partial charge in [0.15, 0.2) is 11.6 Å². The summed E-state index contributed by atoms with van der Waals surface area (Å²) in [5.74, 6) is -3.91. The molecule has 0 aromatic heterocycles. The monoisotopic (exact) mass is 271 g/mol. The number of benzene rings is 1. The molecule has 0 aliphatic heterocycles. The largest absolute Gasteiger partial charge is 0.481 e. The summed E-state index contributed by atoms with van der Waals surface area (Å²) >= 11 is 0. The molecular weight excluding hydrogens is 256 g/mol. The van der Waals surface area contributed by atoms with Gasteiger partial charge in [0.1, 0.15) is 0 Å². The number of hydrogen-bond donors (Lipinski definition) is 2. The van der Waals surface area contributed by atoms with Crippen LogP contribution in [-0.4, -0.2) is 23.0 Å². The standard InChI is InChI=1S/C13H15F2NO3/c1-7(2)11(6-12(17)18)16-13(19)8-3-4-9(14)10(15)5-8/h3-5,7,11H,6H2,1-2H3,(H,16,19)(H,17,18). The lowest BCUT2D eigenvalue weighted by atomic mass is 10.0. The number of aliphatic carboxylic acids is 1. The van der Waals surface area contributed by atoms with Crippen LogP contribution in [0.3, 0.4) is 0 Å². The van der Waals surface area contributed by atoms with Crippen molar-refractivity contribution < 1.29 is 23.5 Å². The summed E-state index contributed by atoms with van der Waals surface area (Å²) in [4.78, 5) is 22.5. The van der Waals surface area contributed by atoms with Crippen LogP contribution >= 0.6 is 0 Å². The van der Waals surface area contributed by atoms with Crippen LogP contribution in [0.4, 0.5) is 8.78 Å². The van der Waals surface area contributed by atoms with Gasteiger partial charge in [-0.3, -0.25) is 9.59 Å². The lowest BCUT2D eigenvalue weighted by Gasteiger charge is -2.20. The lowest BCUT2D eigenvalue weighted by Crippen LogP contribution is -2.40. The highest BCUT2D eigenvalue weighted by Gasteiger charge is 2.20. The van der Waals surface area contributed by atoms with E-state index in [1.54, 1.807) is 13.8 Å². The van der Waals surface area contributed by atoms with Gasteiger partial charge >= 0.3 is 5.97 Å². The molecular formula is C13H15F2NO3. The number of nitrogens with one attached hydrogen (secondary N) is 1. The van der Waals surface area contributed by atoms with Crippen molar-refractivity contribution in [1.29, 1.82) is 0 Å². The van der Waals surface area contributed by atoms with Crippen LogP contribution in [0.1, 0.15) is 30.6 Å². The summed E-state index contributed by atoms with van der Waals surface area (Å²) in [6, 6.07) is 2.21. The van der Waals surface area contributed by atoms with Crippen molar-refractivity contribution in [2.45, 2.75) is 26.3 Å². The molecule has 1 rings (SSSR count). The van der Waals surface area contributed by atoms with E-state index in [0.29, 0.717) is 0 Å². The Labute approximate surface area is 109 Å². The minimum Gasteiger partial charge on any atom is -0.481 e. The summed E-state index contributed by atoms with van der Waals surface area (Å²) in [5.41, 5.74) is -0.0464. The van der Waals surface area contributed by atoms with Gasteiger partial charge < -0.3 is 10.4 Å². The molecule has 0 bridgehead atoms. The molecule has 0 fully saturated rings. The minimum absolute atomic E-state index is 0.0464. The highest BCUT2D eigenvalue weighted by atomic mass is 19.2. The number of amides is 1. The fourth-order valence-electron chi connectivity index (χ4n) is 1.53. The van der Waals surface area contributed by atoms with E-state index in [1.807, 2.05) is 0 Å². The van der Waals surface area contributed by atoms with Gasteiger partial charge in [-0.2, -0.15) is 0 Å². The average Bonchev–Trinajstić information content (AvgIpc) is 2.31. The van der Waals surface area contributed by atoms with E-state index in [0.717, 1.165) is 18.2 Å². The van der Waals surface area contributed by atoms with Crippen molar-refractivity contribution >= 4 is 11.9 Å². The van der Waals surface area contributed by atoms with E-state index in [2.05, 4.69) is 5.32 Å². The summed E-state index contributed by atoms with van der Waals surface area (Å²) in [7, 11) is 0. The predicted molar refractivity (Wildman–Crippen MR) is 64.7 cm³/mol. The molecule has 1 aromatic rings. The molecule has 0 saturated carbocycles. The molecule has 4 nitrogen and oxygen atoms in total. The second kappa shape index (κ2) is 6.26. The SMILES string of the molecule is CC(C)C(CC(=O)O)NC(=O)c1ccc(F)c(F)c1. The zero-order valence-electron chi connectivity index (χ0n) is 10.6. The number of carbonyl (C=O) groups excluding carboxylic acids is 1. The Morgan fingerprint density at radius 2 is 1.89 bits per heavy atom. The van der Waals surface area contributed by atoms with Gasteiger partial charge in [0, 0.05) is 11.6 Å². The molecule has 2 N–H and O–H groups in total. The maximum absolute atomic E-state index is 13.0. The smallest absolute Gasteiger partial charge is 0.305 e. The Morgan fingerprint density at radius 1 is 1.26 bits per heavy atom. The van der Waals surface area contributed by atoms with Crippen molar-refractivity contribution in [2.24, 2.45) is 5.92 Å². The molecule has 0 saturated heterocycles. The third-order valence-corrected chi connectivity index (χ3v) is 2.70. The first-order valence-electron chi connectivity index (χ1n) is 5.79. The highest BCUT2D eigenvalue weighted by Crippen LogP contribution is 2.11. The first-order chi connectivity index (χ1) is 8.81. The second-order valence-corrected chi connectivity index (χ2v) is 4.55. The van der Waals surface area contributed by atoms with Crippen LogP contribution in [0.2, 0.25) is 0 Å². The Balaban J connectivity index is 2.81. The van der Waals surface area contributed by atoms with Crippen LogP contribution in [-0.2, 0) is 4.79 Å². The van der Waals surface area contributed by atoms with E-state index >= 15 is 0 Å². The van der Waals surface area contributed by atoms with Crippen molar-refractivity contribution in [2.75, 3.05) is 0 Å². The third kappa shape index (κ3) is 4.31. The summed E-state index contributed by atoms with van der Waals surface area (Å²) in [5, 5.41) is 11.2. The molecule has 104 valence electrons. The Kier molecular flexibility index (Phi) is 4.97. The topological polar surface area (TPSA) is 66.4 Å². The van der Waals surface area contributed by atoms with Crippen LogP contribution in [0.25, 0.3) is 0 Å². The molecule has 6 heteroatoms. The molecule has 19 heavy (non-hydrogen) atoms. The molecule has 0 spiro atoms. The number of hydrogen-bond acceptors (Lipinski definition) is 2. The van der Waals surface area contributed by atoms with Crippen molar-refractivity contribution in [3.8, 4) is 0 Å². The van der Waals surface area contributed by atoms with E-state index in [9.17, 15) is 18.4 Å². The van der Waals surface area contributed by atoms with Gasteiger partial charge in [-0.15, -0.1) is 0 Å². The molecule has 1 unspecified atom stereocenters. The summed E-state index contributed by atoms with van der Waals surface area (Å²) in [6.45, 7) is 3.53. The van der Waals surface area contributed by atoms with Crippen LogP contribution < -0.4 is 5.32 Å². The molecule has 1 amide bonds. The Morgan fingerprint density at radius 3 is 2.37 bits per heavy atom. The van der Waals surface area contributed by atoms with Crippen molar-refractivity contribution in [3.05, 3.63) is 35.4 Å². The normalized spacial score (nSPS) is 12.3. The number of carbonyl (C=O) groups is 2. The average molecular weight is 271 g/mol. The number of halogens is 2. The van der Waals surface area contributed by atoms with Crippen LogP contribution in [0.15, 0.2) is 18.2 Å². The third-order valence-electron chi connectivity index (χ3n) is 2.70. The summed E-state index contributed by atoms with van der Waals surface area (Å²) < 4.78 is 25.7. The first kappa shape index (κ1) is 15.1. The van der Waals surface area contributed by atoms with Gasteiger partial charge in [0.25, 0.3) is 5.91 Å². The quantitative estimate of drug-likeness (QED) is 0.862. The van der Waals surface area contributed by atoms with Gasteiger partial charge in [-0.1, -0.05) is 13.8 Å². The molecule has 0 aliphatic carbocycles. The van der Waals surface area contributed by atoms with Crippen molar-refractivity contribution in [1.82, 2.24) is 5.32 Å². The van der Waals surface area contributed by atoms with Crippen LogP contribution in [0.5, 0.6) is 0 Å². The fraction of sp³-hybridized carbons (Fsp3) is 0.385. The Hall–Kier alpha value is -1.98. The first-order valence-corrected chi connectivity index (χ1v) is 5.79. The van der Waals surface area contributed by atoms with E-state index in [4.69, 9.17) is 5.11 Å². The second-order valence-electron chi connectivity index (χ2n) is 4.55. The van der Waals surface area contributed by atoms with E-state index < -0.39 is 29.6 Å². The lowest BCUT2D eigenvalue weighted by molar-refractivity contribution is -0.137. The highest BCUT2D eigenvalue weighted by molar-refractivity contribution is 5.94.